The fourth-order valence-corrected chi connectivity index (χ4v) is 6.09. The molecule has 2 aliphatic heterocycles. The lowest BCUT2D eigenvalue weighted by molar-refractivity contribution is -0.123. The summed E-state index contributed by atoms with van der Waals surface area (Å²) in [5.41, 5.74) is 0.363. The van der Waals surface area contributed by atoms with Crippen LogP contribution in [0.25, 0.3) is 0 Å². The number of carbonyl (C=O) groups excluding carboxylic acids is 1. The first-order valence-electron chi connectivity index (χ1n) is 8.62. The van der Waals surface area contributed by atoms with Gasteiger partial charge in [-0.15, -0.1) is 0 Å². The molecular formula is C18H20FN3O3S2. The van der Waals surface area contributed by atoms with Gasteiger partial charge in [-0.05, 0) is 37.0 Å². The maximum absolute atomic E-state index is 14.1. The van der Waals surface area contributed by atoms with Crippen molar-refractivity contribution in [1.82, 2.24) is 9.21 Å². The van der Waals surface area contributed by atoms with Crippen LogP contribution in [0.4, 0.5) is 10.1 Å². The number of carbonyl (C=O) groups is 1. The van der Waals surface area contributed by atoms with Crippen LogP contribution in [-0.2, 0) is 14.8 Å². The molecule has 6 nitrogen and oxygen atoms in total. The lowest BCUT2D eigenvalue weighted by Crippen LogP contribution is -2.64. The largest absolute Gasteiger partial charge is 0.309 e. The SMILES string of the molecule is CN1CC(=O)N(c2ccsc2)CC12CCN(S(=O)(=O)c1ccccc1F)C2. The minimum Gasteiger partial charge on any atom is -0.309 e. The molecule has 1 unspecified atom stereocenters. The third-order valence-electron chi connectivity index (χ3n) is 5.51. The molecule has 9 heteroatoms. The van der Waals surface area contributed by atoms with Crippen molar-refractivity contribution in [3.8, 4) is 0 Å². The maximum Gasteiger partial charge on any atom is 0.246 e. The van der Waals surface area contributed by atoms with Gasteiger partial charge in [0, 0.05) is 25.0 Å². The second-order valence-electron chi connectivity index (χ2n) is 7.06. The number of sulfonamides is 1. The van der Waals surface area contributed by atoms with Gasteiger partial charge in [0.25, 0.3) is 0 Å². The molecule has 1 amide bonds. The molecule has 0 radical (unpaired) electrons. The first kappa shape index (κ1) is 18.5. The molecular weight excluding hydrogens is 389 g/mol. The van der Waals surface area contributed by atoms with E-state index in [0.717, 1.165) is 11.8 Å². The highest BCUT2D eigenvalue weighted by Crippen LogP contribution is 2.36. The Morgan fingerprint density at radius 3 is 2.67 bits per heavy atom. The summed E-state index contributed by atoms with van der Waals surface area (Å²) in [5, 5.41) is 3.83. The Hall–Kier alpha value is -1.81. The number of hydrogen-bond acceptors (Lipinski definition) is 5. The summed E-state index contributed by atoms with van der Waals surface area (Å²) in [7, 11) is -2.07. The van der Waals surface area contributed by atoms with Crippen molar-refractivity contribution in [2.45, 2.75) is 16.9 Å². The normalized spacial score (nSPS) is 24.8. The summed E-state index contributed by atoms with van der Waals surface area (Å²) in [6, 6.07) is 7.33. The van der Waals surface area contributed by atoms with Crippen LogP contribution in [0.2, 0.25) is 0 Å². The third kappa shape index (κ3) is 3.08. The number of amides is 1. The second kappa shape index (κ2) is 6.66. The molecule has 1 aromatic heterocycles. The monoisotopic (exact) mass is 409 g/mol. The summed E-state index contributed by atoms with van der Waals surface area (Å²) < 4.78 is 41.3. The van der Waals surface area contributed by atoms with Crippen molar-refractivity contribution in [2.24, 2.45) is 0 Å². The van der Waals surface area contributed by atoms with Crippen LogP contribution in [-0.4, -0.2) is 62.3 Å². The lowest BCUT2D eigenvalue weighted by Gasteiger charge is -2.46. The third-order valence-corrected chi connectivity index (χ3v) is 8.05. The summed E-state index contributed by atoms with van der Waals surface area (Å²) in [4.78, 5) is 15.9. The Kier molecular flexibility index (Phi) is 4.58. The van der Waals surface area contributed by atoms with E-state index < -0.39 is 21.4 Å². The molecule has 0 N–H and O–H groups in total. The number of anilines is 1. The number of nitrogens with zero attached hydrogens (tertiary/aromatic N) is 3. The molecule has 3 heterocycles. The maximum atomic E-state index is 14.1. The van der Waals surface area contributed by atoms with Crippen LogP contribution in [0, 0.1) is 5.82 Å². The summed E-state index contributed by atoms with van der Waals surface area (Å²) >= 11 is 1.52. The molecule has 144 valence electrons. The van der Waals surface area contributed by atoms with Gasteiger partial charge < -0.3 is 4.90 Å². The zero-order valence-electron chi connectivity index (χ0n) is 14.8. The first-order chi connectivity index (χ1) is 12.8. The Labute approximate surface area is 161 Å². The fourth-order valence-electron chi connectivity index (χ4n) is 3.86. The smallest absolute Gasteiger partial charge is 0.246 e. The molecule has 4 rings (SSSR count). The molecule has 0 saturated carbocycles. The van der Waals surface area contributed by atoms with Gasteiger partial charge in [0.05, 0.1) is 17.8 Å². The van der Waals surface area contributed by atoms with Crippen LogP contribution >= 0.6 is 11.3 Å². The molecule has 27 heavy (non-hydrogen) atoms. The van der Waals surface area contributed by atoms with Crippen molar-refractivity contribution in [3.05, 3.63) is 46.9 Å². The van der Waals surface area contributed by atoms with Crippen LogP contribution in [0.15, 0.2) is 46.0 Å². The molecule has 1 spiro atoms. The van der Waals surface area contributed by atoms with Crippen molar-refractivity contribution >= 4 is 33.0 Å². The molecule has 2 fully saturated rings. The highest BCUT2D eigenvalue weighted by atomic mass is 32.2. The van der Waals surface area contributed by atoms with E-state index in [9.17, 15) is 17.6 Å². The van der Waals surface area contributed by atoms with E-state index in [-0.39, 0.29) is 23.9 Å². The van der Waals surface area contributed by atoms with Gasteiger partial charge in [0.1, 0.15) is 10.7 Å². The molecule has 1 aromatic carbocycles. The summed E-state index contributed by atoms with van der Waals surface area (Å²) in [6.45, 7) is 1.17. The number of piperazine rings is 1. The van der Waals surface area contributed by atoms with Gasteiger partial charge in [-0.25, -0.2) is 12.8 Å². The van der Waals surface area contributed by atoms with Gasteiger partial charge in [0.2, 0.25) is 15.9 Å². The highest BCUT2D eigenvalue weighted by Gasteiger charge is 2.50. The quantitative estimate of drug-likeness (QED) is 0.778. The average Bonchev–Trinajstić information content (AvgIpc) is 3.30. The number of halogens is 1. The van der Waals surface area contributed by atoms with Crippen molar-refractivity contribution in [2.75, 3.05) is 38.1 Å². The number of thiophene rings is 1. The average molecular weight is 410 g/mol. The standard InChI is InChI=1S/C18H20FN3O3S2/c1-20-10-17(23)22(14-6-9-26-11-14)13-18(20)7-8-21(12-18)27(24,25)16-5-3-2-4-15(16)19/h2-6,9,11H,7-8,10,12-13H2,1H3. The lowest BCUT2D eigenvalue weighted by atomic mass is 9.93. The highest BCUT2D eigenvalue weighted by molar-refractivity contribution is 7.89. The van der Waals surface area contributed by atoms with E-state index in [1.165, 1.54) is 33.8 Å². The van der Waals surface area contributed by atoms with E-state index >= 15 is 0 Å². The van der Waals surface area contributed by atoms with Gasteiger partial charge >= 0.3 is 0 Å². The summed E-state index contributed by atoms with van der Waals surface area (Å²) in [5.74, 6) is -0.748. The van der Waals surface area contributed by atoms with Gasteiger partial charge in [-0.1, -0.05) is 12.1 Å². The molecule has 2 saturated heterocycles. The topological polar surface area (TPSA) is 60.9 Å². The van der Waals surface area contributed by atoms with Crippen molar-refractivity contribution in [1.29, 1.82) is 0 Å². The van der Waals surface area contributed by atoms with Gasteiger partial charge in [-0.2, -0.15) is 15.6 Å². The number of rotatable bonds is 3. The number of likely N-dealkylation sites (N-methyl/N-ethyl adjacent to an activating group) is 1. The molecule has 1 atom stereocenters. The Balaban J connectivity index is 1.62. The fraction of sp³-hybridized carbons (Fsp3) is 0.389. The van der Waals surface area contributed by atoms with Crippen LogP contribution in [0.3, 0.4) is 0 Å². The molecule has 0 aliphatic carbocycles. The van der Waals surface area contributed by atoms with Gasteiger partial charge in [0.15, 0.2) is 0 Å². The molecule has 0 bridgehead atoms. The Morgan fingerprint density at radius 1 is 1.19 bits per heavy atom. The van der Waals surface area contributed by atoms with Crippen molar-refractivity contribution in [3.63, 3.8) is 0 Å². The van der Waals surface area contributed by atoms with Crippen LogP contribution in [0.1, 0.15) is 6.42 Å². The minimum absolute atomic E-state index is 0.00284. The second-order valence-corrected chi connectivity index (χ2v) is 9.75. The molecule has 2 aliphatic rings. The van der Waals surface area contributed by atoms with E-state index in [1.807, 2.05) is 28.8 Å². The summed E-state index contributed by atoms with van der Waals surface area (Å²) in [6.07, 6.45) is 0.588. The van der Waals surface area contributed by atoms with E-state index in [1.54, 1.807) is 4.90 Å². The van der Waals surface area contributed by atoms with Crippen molar-refractivity contribution < 1.29 is 17.6 Å². The first-order valence-corrected chi connectivity index (χ1v) is 11.0. The van der Waals surface area contributed by atoms with Crippen LogP contribution < -0.4 is 4.90 Å². The zero-order valence-corrected chi connectivity index (χ0v) is 16.5. The van der Waals surface area contributed by atoms with E-state index in [4.69, 9.17) is 0 Å². The predicted octanol–water partition coefficient (Wildman–Crippen LogP) is 2.00. The van der Waals surface area contributed by atoms with Crippen LogP contribution in [0.5, 0.6) is 0 Å². The number of benzene rings is 1. The predicted molar refractivity (Wildman–Crippen MR) is 102 cm³/mol. The van der Waals surface area contributed by atoms with E-state index in [0.29, 0.717) is 19.5 Å². The Bertz CT molecular complexity index is 964. The minimum atomic E-state index is -3.92. The molecule has 2 aromatic rings. The number of hydrogen-bond donors (Lipinski definition) is 0. The Morgan fingerprint density at radius 2 is 1.96 bits per heavy atom. The van der Waals surface area contributed by atoms with E-state index in [2.05, 4.69) is 0 Å². The van der Waals surface area contributed by atoms with Gasteiger partial charge in [-0.3, -0.25) is 9.69 Å². The zero-order chi connectivity index (χ0) is 19.2.